The van der Waals surface area contributed by atoms with Gasteiger partial charge in [0.2, 0.25) is 0 Å². The molecule has 0 fully saturated rings. The molecule has 0 heterocycles. The van der Waals surface area contributed by atoms with Crippen molar-refractivity contribution in [3.8, 4) is 11.5 Å². The van der Waals surface area contributed by atoms with Gasteiger partial charge in [-0.05, 0) is 26.0 Å². The van der Waals surface area contributed by atoms with Gasteiger partial charge in [-0.2, -0.15) is 0 Å². The Hall–Kier alpha value is -1.22. The van der Waals surface area contributed by atoms with Crippen molar-refractivity contribution in [1.82, 2.24) is 0 Å². The summed E-state index contributed by atoms with van der Waals surface area (Å²) in [5.74, 6) is 2.38. The average Bonchev–Trinajstić information content (AvgIpc) is 2.29. The van der Waals surface area contributed by atoms with Gasteiger partial charge in [-0.25, -0.2) is 0 Å². The molecule has 0 aliphatic rings. The largest absolute Gasteiger partial charge is 0.493 e. The molecule has 0 aliphatic heterocycles. The van der Waals surface area contributed by atoms with E-state index in [0.29, 0.717) is 13.2 Å². The minimum absolute atomic E-state index is 0.00413. The first kappa shape index (κ1) is 12.8. The van der Waals surface area contributed by atoms with Crippen molar-refractivity contribution in [2.45, 2.75) is 20.8 Å². The third-order valence-electron chi connectivity index (χ3n) is 2.25. The molecule has 0 saturated carbocycles. The van der Waals surface area contributed by atoms with E-state index in [0.717, 1.165) is 23.0 Å². The molecule has 1 aromatic carbocycles. The van der Waals surface area contributed by atoms with Gasteiger partial charge in [0.15, 0.2) is 0 Å². The Bertz CT molecular complexity index is 299. The number of aliphatic hydroxyl groups excluding tert-OH is 1. The van der Waals surface area contributed by atoms with Crippen LogP contribution in [0, 0.1) is 5.92 Å². The average molecular weight is 223 g/mol. The number of benzene rings is 1. The van der Waals surface area contributed by atoms with Gasteiger partial charge in [0.05, 0.1) is 19.8 Å². The number of aliphatic hydroxyl groups is 1. The fourth-order valence-electron chi connectivity index (χ4n) is 1.56. The van der Waals surface area contributed by atoms with Gasteiger partial charge in [0.25, 0.3) is 0 Å². The lowest BCUT2D eigenvalue weighted by Crippen LogP contribution is -2.07. The summed E-state index contributed by atoms with van der Waals surface area (Å²) >= 11 is 0. The lowest BCUT2D eigenvalue weighted by molar-refractivity contribution is 0.296. The molecule has 0 aromatic heterocycles. The maximum Gasteiger partial charge on any atom is 0.126 e. The van der Waals surface area contributed by atoms with Crippen molar-refractivity contribution in [3.05, 3.63) is 29.7 Å². The van der Waals surface area contributed by atoms with Crippen LogP contribution in [-0.2, 0) is 0 Å². The highest BCUT2D eigenvalue weighted by molar-refractivity contribution is 5.52. The highest BCUT2D eigenvalue weighted by atomic mass is 16.5. The van der Waals surface area contributed by atoms with Crippen molar-refractivity contribution in [3.63, 3.8) is 0 Å². The summed E-state index contributed by atoms with van der Waals surface area (Å²) in [6, 6.07) is 5.67. The normalized spacial score (nSPS) is 10.6. The van der Waals surface area contributed by atoms with Crippen LogP contribution in [0.1, 0.15) is 26.3 Å². The zero-order chi connectivity index (χ0) is 12.0. The molecule has 1 aromatic rings. The van der Waals surface area contributed by atoms with Crippen LogP contribution >= 0.6 is 0 Å². The molecule has 0 unspecified atom stereocenters. The summed E-state index contributed by atoms with van der Waals surface area (Å²) in [4.78, 5) is 0. The van der Waals surface area contributed by atoms with Crippen molar-refractivity contribution < 1.29 is 14.6 Å². The van der Waals surface area contributed by atoms with Gasteiger partial charge < -0.3 is 14.6 Å². The topological polar surface area (TPSA) is 38.7 Å². The molecule has 0 bridgehead atoms. The molecule has 3 nitrogen and oxygen atoms in total. The van der Waals surface area contributed by atoms with Gasteiger partial charge in [0, 0.05) is 11.5 Å². The Labute approximate surface area is 97.0 Å². The quantitative estimate of drug-likeness (QED) is 0.805. The van der Waals surface area contributed by atoms with Crippen LogP contribution in [0.5, 0.6) is 11.5 Å². The Balaban J connectivity index is 3.11. The SMILES string of the molecule is CCOc1cccc(OCC)c1[C](C)CO. The Morgan fingerprint density at radius 3 is 2.00 bits per heavy atom. The first-order chi connectivity index (χ1) is 7.74. The first-order valence-electron chi connectivity index (χ1n) is 5.56. The first-order valence-corrected chi connectivity index (χ1v) is 5.56. The van der Waals surface area contributed by atoms with E-state index in [-0.39, 0.29) is 6.61 Å². The molecule has 3 heteroatoms. The number of hydrogen-bond acceptors (Lipinski definition) is 3. The third kappa shape index (κ3) is 2.89. The van der Waals surface area contributed by atoms with E-state index in [1.54, 1.807) is 0 Å². The predicted octanol–water partition coefficient (Wildman–Crippen LogP) is 2.42. The van der Waals surface area contributed by atoms with Crippen LogP contribution in [0.4, 0.5) is 0 Å². The number of ether oxygens (including phenoxy) is 2. The van der Waals surface area contributed by atoms with E-state index in [9.17, 15) is 5.11 Å². The highest BCUT2D eigenvalue weighted by Crippen LogP contribution is 2.34. The highest BCUT2D eigenvalue weighted by Gasteiger charge is 2.17. The minimum Gasteiger partial charge on any atom is -0.493 e. The van der Waals surface area contributed by atoms with Crippen molar-refractivity contribution >= 4 is 0 Å². The summed E-state index contributed by atoms with van der Waals surface area (Å²) in [6.07, 6.45) is 0. The molecule has 0 aliphatic carbocycles. The van der Waals surface area contributed by atoms with Gasteiger partial charge >= 0.3 is 0 Å². The molecule has 1 radical (unpaired) electrons. The van der Waals surface area contributed by atoms with Crippen LogP contribution in [-0.4, -0.2) is 24.9 Å². The summed E-state index contributed by atoms with van der Waals surface area (Å²) in [7, 11) is 0. The van der Waals surface area contributed by atoms with Gasteiger partial charge in [-0.3, -0.25) is 0 Å². The van der Waals surface area contributed by atoms with Crippen LogP contribution in [0.15, 0.2) is 18.2 Å². The van der Waals surface area contributed by atoms with E-state index in [4.69, 9.17) is 9.47 Å². The number of hydrogen-bond donors (Lipinski definition) is 1. The van der Waals surface area contributed by atoms with E-state index in [1.165, 1.54) is 0 Å². The number of rotatable bonds is 6. The fourth-order valence-corrected chi connectivity index (χ4v) is 1.56. The smallest absolute Gasteiger partial charge is 0.126 e. The molecule has 0 saturated heterocycles. The standard InChI is InChI=1S/C13H19O3/c1-4-15-11-7-6-8-12(16-5-2)13(11)10(3)9-14/h6-8,14H,4-5,9H2,1-3H3. The molecule has 0 amide bonds. The van der Waals surface area contributed by atoms with Crippen LogP contribution in [0.2, 0.25) is 0 Å². The van der Waals surface area contributed by atoms with Gasteiger partial charge in [-0.15, -0.1) is 0 Å². The van der Waals surface area contributed by atoms with Gasteiger partial charge in [0.1, 0.15) is 11.5 Å². The Morgan fingerprint density at radius 1 is 1.12 bits per heavy atom. The zero-order valence-electron chi connectivity index (χ0n) is 10.1. The Kier molecular flexibility index (Phi) is 5.12. The summed E-state index contributed by atoms with van der Waals surface area (Å²) in [5.41, 5.74) is 0.869. The second kappa shape index (κ2) is 6.38. The maximum atomic E-state index is 9.23. The minimum atomic E-state index is 0.00413. The molecular formula is C13H19O3. The lowest BCUT2D eigenvalue weighted by atomic mass is 10.00. The van der Waals surface area contributed by atoms with Crippen molar-refractivity contribution in [1.29, 1.82) is 0 Å². The molecule has 16 heavy (non-hydrogen) atoms. The van der Waals surface area contributed by atoms with Crippen molar-refractivity contribution in [2.75, 3.05) is 19.8 Å². The van der Waals surface area contributed by atoms with Crippen molar-refractivity contribution in [2.24, 2.45) is 0 Å². The third-order valence-corrected chi connectivity index (χ3v) is 2.25. The monoisotopic (exact) mass is 223 g/mol. The van der Waals surface area contributed by atoms with Gasteiger partial charge in [-0.1, -0.05) is 13.0 Å². The Morgan fingerprint density at radius 2 is 1.62 bits per heavy atom. The molecule has 1 N–H and O–H groups in total. The summed E-state index contributed by atoms with van der Waals surface area (Å²) < 4.78 is 11.1. The second-order valence-electron chi connectivity index (χ2n) is 3.43. The molecular weight excluding hydrogens is 204 g/mol. The summed E-state index contributed by atoms with van der Waals surface area (Å²) in [6.45, 7) is 6.95. The zero-order valence-corrected chi connectivity index (χ0v) is 10.1. The lowest BCUT2D eigenvalue weighted by Gasteiger charge is -2.18. The van der Waals surface area contributed by atoms with E-state index >= 15 is 0 Å². The molecule has 89 valence electrons. The molecule has 1 rings (SSSR count). The molecule has 0 atom stereocenters. The van der Waals surface area contributed by atoms with Crippen LogP contribution in [0.25, 0.3) is 0 Å². The van der Waals surface area contributed by atoms with Crippen LogP contribution in [0.3, 0.4) is 0 Å². The van der Waals surface area contributed by atoms with E-state index in [2.05, 4.69) is 0 Å². The maximum absolute atomic E-state index is 9.23. The van der Waals surface area contributed by atoms with E-state index in [1.807, 2.05) is 39.0 Å². The summed E-state index contributed by atoms with van der Waals surface area (Å²) in [5, 5.41) is 9.23. The second-order valence-corrected chi connectivity index (χ2v) is 3.43. The predicted molar refractivity (Wildman–Crippen MR) is 63.9 cm³/mol. The van der Waals surface area contributed by atoms with E-state index < -0.39 is 0 Å². The van der Waals surface area contributed by atoms with Crippen LogP contribution < -0.4 is 9.47 Å². The molecule has 0 spiro atoms. The fraction of sp³-hybridized carbons (Fsp3) is 0.462.